The predicted octanol–water partition coefficient (Wildman–Crippen LogP) is 1.18. The lowest BCUT2D eigenvalue weighted by atomic mass is 9.91. The molecule has 2 atom stereocenters. The Bertz CT molecular complexity index is 808. The fourth-order valence-corrected chi connectivity index (χ4v) is 3.78. The Morgan fingerprint density at radius 3 is 2.39 bits per heavy atom. The van der Waals surface area contributed by atoms with Crippen molar-refractivity contribution in [1.82, 2.24) is 20.6 Å². The van der Waals surface area contributed by atoms with Crippen molar-refractivity contribution in [3.05, 3.63) is 36.3 Å². The molecule has 8 nitrogen and oxygen atoms in total. The molecule has 4 rings (SSSR count). The van der Waals surface area contributed by atoms with E-state index in [2.05, 4.69) is 20.6 Å². The maximum Gasteiger partial charge on any atom is 0.285 e. The number of piperazine rings is 1. The van der Waals surface area contributed by atoms with Crippen LogP contribution in [-0.4, -0.2) is 68.0 Å². The summed E-state index contributed by atoms with van der Waals surface area (Å²) >= 11 is 5.75. The van der Waals surface area contributed by atoms with Crippen molar-refractivity contribution < 1.29 is 19.0 Å². The molecule has 2 unspecified atom stereocenters. The fraction of sp³-hybridized carbons (Fsp3) is 0.526. The van der Waals surface area contributed by atoms with E-state index in [1.807, 2.05) is 24.3 Å². The summed E-state index contributed by atoms with van der Waals surface area (Å²) in [5, 5.41) is 6.53. The van der Waals surface area contributed by atoms with E-state index in [0.29, 0.717) is 12.2 Å². The van der Waals surface area contributed by atoms with Crippen LogP contribution in [0.3, 0.4) is 0 Å². The summed E-state index contributed by atoms with van der Waals surface area (Å²) in [7, 11) is 2.81. The number of para-hydroxylation sites is 1. The molecular formula is C19H25ClN4O4. The Hall–Kier alpha value is -1.68. The minimum Gasteiger partial charge on any atom is -0.364 e. The molecule has 9 heteroatoms. The van der Waals surface area contributed by atoms with Crippen molar-refractivity contribution in [3.8, 4) is 0 Å². The lowest BCUT2D eigenvalue weighted by molar-refractivity contribution is -0.261. The Kier molecular flexibility index (Phi) is 6.92. The van der Waals surface area contributed by atoms with E-state index < -0.39 is 16.6 Å². The SMILES string of the molecule is C1CNCCN1.COC1(C(=O)Cl)OCCC1(OC)c1ncc2ccccc2n1. The zero-order valence-corrected chi connectivity index (χ0v) is 16.8. The van der Waals surface area contributed by atoms with Gasteiger partial charge in [-0.25, -0.2) is 9.97 Å². The van der Waals surface area contributed by atoms with Gasteiger partial charge in [-0.2, -0.15) is 0 Å². The van der Waals surface area contributed by atoms with Gasteiger partial charge in [0.1, 0.15) is 0 Å². The molecule has 2 N–H and O–H groups in total. The summed E-state index contributed by atoms with van der Waals surface area (Å²) in [6.07, 6.45) is 2.03. The van der Waals surface area contributed by atoms with E-state index >= 15 is 0 Å². The molecule has 0 spiro atoms. The van der Waals surface area contributed by atoms with Gasteiger partial charge < -0.3 is 24.8 Å². The van der Waals surface area contributed by atoms with Crippen molar-refractivity contribution in [2.45, 2.75) is 17.8 Å². The molecule has 1 aromatic carbocycles. The second kappa shape index (κ2) is 9.21. The zero-order valence-electron chi connectivity index (χ0n) is 16.0. The van der Waals surface area contributed by atoms with Gasteiger partial charge in [0.15, 0.2) is 11.4 Å². The van der Waals surface area contributed by atoms with E-state index in [0.717, 1.165) is 37.1 Å². The molecule has 2 saturated heterocycles. The third kappa shape index (κ3) is 3.76. The van der Waals surface area contributed by atoms with Crippen LogP contribution in [0.25, 0.3) is 10.9 Å². The minimum atomic E-state index is -1.76. The average molecular weight is 409 g/mol. The van der Waals surface area contributed by atoms with Gasteiger partial charge in [0.2, 0.25) is 0 Å². The largest absolute Gasteiger partial charge is 0.364 e. The van der Waals surface area contributed by atoms with Crippen molar-refractivity contribution in [3.63, 3.8) is 0 Å². The van der Waals surface area contributed by atoms with Gasteiger partial charge in [-0.05, 0) is 17.7 Å². The highest BCUT2D eigenvalue weighted by Crippen LogP contribution is 2.47. The van der Waals surface area contributed by atoms with E-state index in [-0.39, 0.29) is 6.61 Å². The van der Waals surface area contributed by atoms with Crippen LogP contribution >= 0.6 is 11.6 Å². The van der Waals surface area contributed by atoms with Crippen molar-refractivity contribution >= 4 is 27.7 Å². The molecule has 0 aliphatic carbocycles. The third-order valence-electron chi connectivity index (χ3n) is 4.99. The summed E-state index contributed by atoms with van der Waals surface area (Å²) in [5.74, 6) is -1.45. The molecule has 0 radical (unpaired) electrons. The van der Waals surface area contributed by atoms with Gasteiger partial charge in [-0.3, -0.25) is 4.79 Å². The number of fused-ring (bicyclic) bond motifs is 1. The standard InChI is InChI=1S/C15H15ClN2O4.C4H10N2/c1-20-14(7-8-22-15(14,21-2)12(16)19)13-17-9-10-5-3-4-6-11(10)18-13;1-2-6-4-3-5-1/h3-6,9H,7-8H2,1-2H3;5-6H,1-4H2. The van der Waals surface area contributed by atoms with Crippen LogP contribution in [0.1, 0.15) is 12.2 Å². The molecule has 152 valence electrons. The highest BCUT2D eigenvalue weighted by molar-refractivity contribution is 6.65. The number of carbonyl (C=O) groups is 1. The first-order valence-corrected chi connectivity index (χ1v) is 9.55. The van der Waals surface area contributed by atoms with Gasteiger partial charge in [0.05, 0.1) is 12.1 Å². The predicted molar refractivity (Wildman–Crippen MR) is 105 cm³/mol. The Balaban J connectivity index is 0.000000320. The van der Waals surface area contributed by atoms with Gasteiger partial charge in [0, 0.05) is 58.4 Å². The Morgan fingerprint density at radius 2 is 1.82 bits per heavy atom. The fourth-order valence-electron chi connectivity index (χ4n) is 3.50. The highest BCUT2D eigenvalue weighted by Gasteiger charge is 2.65. The second-order valence-electron chi connectivity index (χ2n) is 6.48. The first kappa shape index (κ1) is 21.0. The molecule has 1 aromatic heterocycles. The molecule has 28 heavy (non-hydrogen) atoms. The molecule has 2 aromatic rings. The second-order valence-corrected chi connectivity index (χ2v) is 6.82. The Labute approximate surface area is 168 Å². The topological polar surface area (TPSA) is 94.6 Å². The molecule has 0 amide bonds. The number of hydrogen-bond donors (Lipinski definition) is 2. The van der Waals surface area contributed by atoms with E-state index in [1.165, 1.54) is 14.2 Å². The first-order valence-electron chi connectivity index (χ1n) is 9.17. The molecule has 0 bridgehead atoms. The van der Waals surface area contributed by atoms with Crippen LogP contribution < -0.4 is 10.6 Å². The maximum absolute atomic E-state index is 12.0. The highest BCUT2D eigenvalue weighted by atomic mass is 35.5. The van der Waals surface area contributed by atoms with Crippen LogP contribution in [-0.2, 0) is 24.6 Å². The van der Waals surface area contributed by atoms with Crippen LogP contribution in [0.15, 0.2) is 30.5 Å². The first-order chi connectivity index (χ1) is 13.6. The Morgan fingerprint density at radius 1 is 1.14 bits per heavy atom. The summed E-state index contributed by atoms with van der Waals surface area (Å²) < 4.78 is 16.5. The number of nitrogens with zero attached hydrogens (tertiary/aromatic N) is 2. The molecule has 2 aliphatic heterocycles. The van der Waals surface area contributed by atoms with Crippen LogP contribution in [0.5, 0.6) is 0 Å². The summed E-state index contributed by atoms with van der Waals surface area (Å²) in [5.41, 5.74) is -0.548. The smallest absolute Gasteiger partial charge is 0.285 e. The molecule has 2 aliphatic rings. The lowest BCUT2D eigenvalue weighted by Crippen LogP contribution is -2.56. The van der Waals surface area contributed by atoms with E-state index in [9.17, 15) is 4.79 Å². The number of nitrogens with one attached hydrogen (secondary N) is 2. The number of carbonyl (C=O) groups excluding carboxylic acids is 1. The van der Waals surface area contributed by atoms with Crippen LogP contribution in [0, 0.1) is 0 Å². The number of benzene rings is 1. The maximum atomic E-state index is 12.0. The van der Waals surface area contributed by atoms with E-state index in [1.54, 1.807) is 6.20 Å². The monoisotopic (exact) mass is 408 g/mol. The number of ether oxygens (including phenoxy) is 3. The molecule has 3 heterocycles. The molecule has 2 fully saturated rings. The van der Waals surface area contributed by atoms with Crippen molar-refractivity contribution in [2.75, 3.05) is 47.0 Å². The van der Waals surface area contributed by atoms with Gasteiger partial charge in [0.25, 0.3) is 11.0 Å². The van der Waals surface area contributed by atoms with Crippen molar-refractivity contribution in [1.29, 1.82) is 0 Å². The van der Waals surface area contributed by atoms with Gasteiger partial charge >= 0.3 is 0 Å². The normalized spacial score (nSPS) is 27.2. The summed E-state index contributed by atoms with van der Waals surface area (Å²) in [4.78, 5) is 20.9. The van der Waals surface area contributed by atoms with Crippen LogP contribution in [0.4, 0.5) is 0 Å². The van der Waals surface area contributed by atoms with Gasteiger partial charge in [-0.15, -0.1) is 0 Å². The number of halogens is 1. The number of aromatic nitrogens is 2. The van der Waals surface area contributed by atoms with Crippen LogP contribution in [0.2, 0.25) is 0 Å². The quantitative estimate of drug-likeness (QED) is 0.728. The zero-order chi connectivity index (χ0) is 20.0. The number of rotatable bonds is 4. The average Bonchev–Trinajstić information content (AvgIpc) is 3.16. The number of methoxy groups -OCH3 is 2. The molecule has 0 saturated carbocycles. The third-order valence-corrected chi connectivity index (χ3v) is 5.24. The lowest BCUT2D eigenvalue weighted by Gasteiger charge is -2.37. The summed E-state index contributed by atoms with van der Waals surface area (Å²) in [6.45, 7) is 4.80. The number of hydrogen-bond acceptors (Lipinski definition) is 8. The molecular weight excluding hydrogens is 384 g/mol. The van der Waals surface area contributed by atoms with Gasteiger partial charge in [-0.1, -0.05) is 18.2 Å². The van der Waals surface area contributed by atoms with E-state index in [4.69, 9.17) is 25.8 Å². The minimum absolute atomic E-state index is 0.246. The van der Waals surface area contributed by atoms with Crippen molar-refractivity contribution in [2.24, 2.45) is 0 Å². The summed E-state index contributed by atoms with van der Waals surface area (Å²) in [6, 6.07) is 7.54.